The van der Waals surface area contributed by atoms with Crippen LogP contribution in [-0.4, -0.2) is 18.1 Å². The summed E-state index contributed by atoms with van der Waals surface area (Å²) in [5, 5.41) is 11.5. The molecule has 0 aliphatic rings. The topological polar surface area (TPSA) is 49.3 Å². The van der Waals surface area contributed by atoms with Crippen molar-refractivity contribution in [3.8, 4) is 0 Å². The smallest absolute Gasteiger partial charge is 0.307 e. The summed E-state index contributed by atoms with van der Waals surface area (Å²) in [5.41, 5.74) is 2.22. The van der Waals surface area contributed by atoms with Crippen LogP contribution < -0.4 is 5.32 Å². The van der Waals surface area contributed by atoms with Gasteiger partial charge in [0.05, 0.1) is 6.42 Å². The van der Waals surface area contributed by atoms with Gasteiger partial charge in [0.2, 0.25) is 0 Å². The molecule has 3 heteroatoms. The van der Waals surface area contributed by atoms with E-state index in [0.29, 0.717) is 0 Å². The molecule has 0 aliphatic heterocycles. The molecule has 0 aromatic heterocycles. The highest BCUT2D eigenvalue weighted by Gasteiger charge is 1.93. The van der Waals surface area contributed by atoms with Crippen molar-refractivity contribution < 1.29 is 9.90 Å². The molecule has 1 aromatic carbocycles. The summed E-state index contributed by atoms with van der Waals surface area (Å²) >= 11 is 0. The summed E-state index contributed by atoms with van der Waals surface area (Å²) in [6.07, 6.45) is 3.55. The number of carboxylic acid groups (broad SMARTS) is 1. The molecule has 2 N–H and O–H groups in total. The average Bonchev–Trinajstić information content (AvgIpc) is 2.18. The molecule has 0 spiro atoms. The van der Waals surface area contributed by atoms with Crippen LogP contribution in [0.25, 0.3) is 6.08 Å². The number of carboxylic acids is 1. The van der Waals surface area contributed by atoms with Crippen LogP contribution in [0.1, 0.15) is 17.5 Å². The number of benzene rings is 1. The number of rotatable bonds is 5. The summed E-state index contributed by atoms with van der Waals surface area (Å²) in [4.78, 5) is 10.3. The van der Waals surface area contributed by atoms with Gasteiger partial charge >= 0.3 is 5.97 Å². The van der Waals surface area contributed by atoms with E-state index in [0.717, 1.165) is 12.1 Å². The third-order valence-corrected chi connectivity index (χ3v) is 1.93. The Morgan fingerprint density at radius 2 is 2.33 bits per heavy atom. The first-order chi connectivity index (χ1) is 7.22. The van der Waals surface area contributed by atoms with Gasteiger partial charge in [-0.3, -0.25) is 4.79 Å². The van der Waals surface area contributed by atoms with E-state index >= 15 is 0 Å². The lowest BCUT2D eigenvalue weighted by molar-refractivity contribution is -0.135. The highest BCUT2D eigenvalue weighted by Crippen LogP contribution is 2.07. The largest absolute Gasteiger partial charge is 0.481 e. The minimum atomic E-state index is -0.808. The van der Waals surface area contributed by atoms with Crippen LogP contribution in [0.5, 0.6) is 0 Å². The molecular formula is C12H15NO2. The first-order valence-electron chi connectivity index (χ1n) is 4.84. The van der Waals surface area contributed by atoms with E-state index in [4.69, 9.17) is 5.11 Å². The minimum absolute atomic E-state index is 0.0657. The highest BCUT2D eigenvalue weighted by molar-refractivity contribution is 5.70. The molecule has 0 heterocycles. The second-order valence-corrected chi connectivity index (χ2v) is 3.28. The molecule has 0 radical (unpaired) electrons. The zero-order chi connectivity index (χ0) is 11.1. The fraction of sp³-hybridized carbons (Fsp3) is 0.250. The van der Waals surface area contributed by atoms with Crippen molar-refractivity contribution in [1.29, 1.82) is 0 Å². The van der Waals surface area contributed by atoms with Gasteiger partial charge in [-0.05, 0) is 18.2 Å². The van der Waals surface area contributed by atoms with Gasteiger partial charge in [0, 0.05) is 6.54 Å². The minimum Gasteiger partial charge on any atom is -0.481 e. The third kappa shape index (κ3) is 4.42. The summed E-state index contributed by atoms with van der Waals surface area (Å²) < 4.78 is 0. The maximum atomic E-state index is 10.3. The van der Waals surface area contributed by atoms with E-state index in [1.165, 1.54) is 5.56 Å². The lowest BCUT2D eigenvalue weighted by atomic mass is 10.1. The van der Waals surface area contributed by atoms with Crippen molar-refractivity contribution >= 4 is 12.0 Å². The molecule has 0 fully saturated rings. The zero-order valence-electron chi connectivity index (χ0n) is 8.73. The van der Waals surface area contributed by atoms with E-state index in [-0.39, 0.29) is 6.42 Å². The van der Waals surface area contributed by atoms with Crippen molar-refractivity contribution in [3.63, 3.8) is 0 Å². The first-order valence-corrected chi connectivity index (χ1v) is 4.84. The molecule has 0 unspecified atom stereocenters. The lowest BCUT2D eigenvalue weighted by Gasteiger charge is -2.00. The van der Waals surface area contributed by atoms with Crippen LogP contribution in [0.3, 0.4) is 0 Å². The Hall–Kier alpha value is -1.61. The van der Waals surface area contributed by atoms with E-state index in [1.807, 2.05) is 37.4 Å². The van der Waals surface area contributed by atoms with Crippen LogP contribution in [0.4, 0.5) is 0 Å². The second-order valence-electron chi connectivity index (χ2n) is 3.28. The Kier molecular flexibility index (Phi) is 4.57. The van der Waals surface area contributed by atoms with Gasteiger partial charge in [-0.15, -0.1) is 0 Å². The molecule has 1 rings (SSSR count). The van der Waals surface area contributed by atoms with Crippen molar-refractivity contribution in [2.75, 3.05) is 7.05 Å². The molecule has 3 nitrogen and oxygen atoms in total. The number of carbonyl (C=O) groups is 1. The van der Waals surface area contributed by atoms with Crippen LogP contribution in [0, 0.1) is 0 Å². The third-order valence-electron chi connectivity index (χ3n) is 1.93. The average molecular weight is 205 g/mol. The Morgan fingerprint density at radius 1 is 1.53 bits per heavy atom. The maximum Gasteiger partial charge on any atom is 0.307 e. The van der Waals surface area contributed by atoms with Gasteiger partial charge in [0.25, 0.3) is 0 Å². The molecule has 1 aromatic rings. The molecule has 0 amide bonds. The summed E-state index contributed by atoms with van der Waals surface area (Å²) in [7, 11) is 1.90. The second kappa shape index (κ2) is 5.98. The van der Waals surface area contributed by atoms with Gasteiger partial charge in [0.1, 0.15) is 0 Å². The predicted octanol–water partition coefficient (Wildman–Crippen LogP) is 1.89. The summed E-state index contributed by atoms with van der Waals surface area (Å²) in [5.74, 6) is -0.808. The molecule has 0 saturated heterocycles. The number of hydrogen-bond donors (Lipinski definition) is 2. The van der Waals surface area contributed by atoms with Crippen molar-refractivity contribution in [2.24, 2.45) is 0 Å². The van der Waals surface area contributed by atoms with Gasteiger partial charge in [-0.1, -0.05) is 36.4 Å². The van der Waals surface area contributed by atoms with Crippen molar-refractivity contribution in [1.82, 2.24) is 5.32 Å². The van der Waals surface area contributed by atoms with E-state index in [2.05, 4.69) is 5.32 Å². The molecular weight excluding hydrogens is 190 g/mol. The fourth-order valence-electron chi connectivity index (χ4n) is 1.31. The lowest BCUT2D eigenvalue weighted by Crippen LogP contribution is -2.04. The highest BCUT2D eigenvalue weighted by atomic mass is 16.4. The number of aliphatic carboxylic acids is 1. The van der Waals surface area contributed by atoms with Crippen molar-refractivity contribution in [3.05, 3.63) is 41.5 Å². The quantitative estimate of drug-likeness (QED) is 0.771. The molecule has 0 bridgehead atoms. The van der Waals surface area contributed by atoms with E-state index in [1.54, 1.807) is 6.08 Å². The number of nitrogens with one attached hydrogen (secondary N) is 1. The monoisotopic (exact) mass is 205 g/mol. The van der Waals surface area contributed by atoms with E-state index in [9.17, 15) is 4.79 Å². The van der Waals surface area contributed by atoms with Gasteiger partial charge < -0.3 is 10.4 Å². The Labute approximate surface area is 89.4 Å². The van der Waals surface area contributed by atoms with Crippen LogP contribution in [0.2, 0.25) is 0 Å². The standard InChI is InChI=1S/C12H15NO2/c1-13-9-11-6-2-4-10(8-11)5-3-7-12(14)15/h2-6,8,13H,7,9H2,1H3,(H,14,15). The summed E-state index contributed by atoms with van der Waals surface area (Å²) in [6, 6.07) is 7.99. The molecule has 15 heavy (non-hydrogen) atoms. The van der Waals surface area contributed by atoms with Gasteiger partial charge in [-0.2, -0.15) is 0 Å². The van der Waals surface area contributed by atoms with Crippen molar-refractivity contribution in [2.45, 2.75) is 13.0 Å². The molecule has 0 atom stereocenters. The molecule has 0 aliphatic carbocycles. The predicted molar refractivity (Wildman–Crippen MR) is 60.5 cm³/mol. The number of hydrogen-bond acceptors (Lipinski definition) is 2. The molecule has 0 saturated carbocycles. The Morgan fingerprint density at radius 3 is 3.00 bits per heavy atom. The van der Waals surface area contributed by atoms with Gasteiger partial charge in [0.15, 0.2) is 0 Å². The fourth-order valence-corrected chi connectivity index (χ4v) is 1.31. The van der Waals surface area contributed by atoms with Crippen LogP contribution in [0.15, 0.2) is 30.3 Å². The first kappa shape index (κ1) is 11.5. The zero-order valence-corrected chi connectivity index (χ0v) is 8.73. The SMILES string of the molecule is CNCc1cccc(C=CCC(=O)O)c1. The normalized spacial score (nSPS) is 10.7. The van der Waals surface area contributed by atoms with Gasteiger partial charge in [-0.25, -0.2) is 0 Å². The Bertz CT molecular complexity index is 358. The summed E-state index contributed by atoms with van der Waals surface area (Å²) in [6.45, 7) is 0.820. The Balaban J connectivity index is 2.64. The van der Waals surface area contributed by atoms with Crippen LogP contribution in [-0.2, 0) is 11.3 Å². The van der Waals surface area contributed by atoms with E-state index < -0.39 is 5.97 Å². The van der Waals surface area contributed by atoms with Crippen LogP contribution >= 0.6 is 0 Å². The molecule has 80 valence electrons. The maximum absolute atomic E-state index is 10.3.